The molecule has 1 fully saturated rings. The first kappa shape index (κ1) is 21.4. The van der Waals surface area contributed by atoms with Crippen LogP contribution in [0.3, 0.4) is 0 Å². The summed E-state index contributed by atoms with van der Waals surface area (Å²) >= 11 is 1.19. The van der Waals surface area contributed by atoms with Crippen molar-refractivity contribution < 1.29 is 33.4 Å². The van der Waals surface area contributed by atoms with Crippen LogP contribution in [0.1, 0.15) is 34.6 Å². The molecule has 1 aromatic heterocycles. The van der Waals surface area contributed by atoms with E-state index < -0.39 is 48.5 Å². The Kier molecular flexibility index (Phi) is 6.07. The van der Waals surface area contributed by atoms with Gasteiger partial charge < -0.3 is 20.1 Å². The molecule has 1 saturated heterocycles. The average Bonchev–Trinajstić information content (AvgIpc) is 2.99. The quantitative estimate of drug-likeness (QED) is 0.526. The maximum Gasteiger partial charge on any atom is 0.341 e. The number of aryl methyl sites for hydroxylation is 1. The van der Waals surface area contributed by atoms with Crippen LogP contribution >= 0.6 is 11.3 Å². The van der Waals surface area contributed by atoms with E-state index in [1.807, 2.05) is 0 Å². The molecular formula is C17H21N3O7S. The standard InChI is InChI=1S/C17H21N3O7S/c1-8-9(2)28-13(12(8)14(23)26-5)18-10(21)7-27-11(22)6-20-15(24)17(3,4)19-16(20)25/h6-7H2,1-5H3,(H,18,21)(H,19,25). The minimum absolute atomic E-state index is 0.242. The Hall–Kier alpha value is -2.95. The molecule has 10 nitrogen and oxygen atoms in total. The normalized spacial score (nSPS) is 15.2. The van der Waals surface area contributed by atoms with Gasteiger partial charge in [-0.05, 0) is 33.3 Å². The molecule has 1 aliphatic rings. The Balaban J connectivity index is 1.94. The summed E-state index contributed by atoms with van der Waals surface area (Å²) in [6.45, 7) is 5.30. The van der Waals surface area contributed by atoms with Crippen LogP contribution in [0.4, 0.5) is 9.80 Å². The van der Waals surface area contributed by atoms with Crippen molar-refractivity contribution in [2.45, 2.75) is 33.2 Å². The van der Waals surface area contributed by atoms with Gasteiger partial charge in [-0.3, -0.25) is 19.3 Å². The molecule has 28 heavy (non-hydrogen) atoms. The van der Waals surface area contributed by atoms with Gasteiger partial charge in [-0.2, -0.15) is 0 Å². The molecule has 1 aromatic rings. The number of anilines is 1. The summed E-state index contributed by atoms with van der Waals surface area (Å²) in [5.74, 6) is -2.73. The lowest BCUT2D eigenvalue weighted by atomic mass is 10.1. The summed E-state index contributed by atoms with van der Waals surface area (Å²) in [4.78, 5) is 61.2. The van der Waals surface area contributed by atoms with E-state index in [-0.39, 0.29) is 5.56 Å². The number of hydrogen-bond donors (Lipinski definition) is 2. The van der Waals surface area contributed by atoms with E-state index in [0.717, 1.165) is 9.78 Å². The summed E-state index contributed by atoms with van der Waals surface area (Å²) in [7, 11) is 1.24. The van der Waals surface area contributed by atoms with Crippen LogP contribution in [-0.4, -0.2) is 60.5 Å². The SMILES string of the molecule is COC(=O)c1c(NC(=O)COC(=O)CN2C(=O)NC(C)(C)C2=O)sc(C)c1C. The summed E-state index contributed by atoms with van der Waals surface area (Å²) in [5, 5.41) is 5.23. The van der Waals surface area contributed by atoms with Crippen LogP contribution in [0.15, 0.2) is 0 Å². The van der Waals surface area contributed by atoms with Gasteiger partial charge in [0, 0.05) is 4.88 Å². The maximum atomic E-state index is 12.1. The van der Waals surface area contributed by atoms with Crippen molar-refractivity contribution in [1.29, 1.82) is 0 Å². The van der Waals surface area contributed by atoms with Gasteiger partial charge in [0.05, 0.1) is 12.7 Å². The van der Waals surface area contributed by atoms with E-state index in [4.69, 9.17) is 9.47 Å². The highest BCUT2D eigenvalue weighted by molar-refractivity contribution is 7.16. The average molecular weight is 411 g/mol. The molecule has 0 bridgehead atoms. The molecule has 0 aliphatic carbocycles. The van der Waals surface area contributed by atoms with Gasteiger partial charge in [0.1, 0.15) is 17.1 Å². The Labute approximate surface area is 165 Å². The zero-order valence-corrected chi connectivity index (χ0v) is 16.9. The molecule has 2 rings (SSSR count). The van der Waals surface area contributed by atoms with Crippen LogP contribution in [0, 0.1) is 13.8 Å². The topological polar surface area (TPSA) is 131 Å². The van der Waals surface area contributed by atoms with Gasteiger partial charge in [-0.15, -0.1) is 11.3 Å². The van der Waals surface area contributed by atoms with Crippen molar-refractivity contribution >= 4 is 46.1 Å². The number of ether oxygens (including phenoxy) is 2. The fourth-order valence-electron chi connectivity index (χ4n) is 2.51. The van der Waals surface area contributed by atoms with Gasteiger partial charge in [-0.25, -0.2) is 9.59 Å². The van der Waals surface area contributed by atoms with E-state index in [2.05, 4.69) is 10.6 Å². The number of rotatable bonds is 6. The highest BCUT2D eigenvalue weighted by Gasteiger charge is 2.45. The first-order valence-electron chi connectivity index (χ1n) is 8.25. The van der Waals surface area contributed by atoms with Gasteiger partial charge in [-0.1, -0.05) is 0 Å². The Morgan fingerprint density at radius 2 is 1.86 bits per heavy atom. The molecule has 0 atom stereocenters. The van der Waals surface area contributed by atoms with Crippen LogP contribution in [0.2, 0.25) is 0 Å². The molecule has 2 heterocycles. The van der Waals surface area contributed by atoms with E-state index in [1.54, 1.807) is 13.8 Å². The molecule has 1 aliphatic heterocycles. The van der Waals surface area contributed by atoms with E-state index in [9.17, 15) is 24.0 Å². The van der Waals surface area contributed by atoms with Gasteiger partial charge in [0.15, 0.2) is 6.61 Å². The number of amides is 4. The van der Waals surface area contributed by atoms with Crippen molar-refractivity contribution in [2.75, 3.05) is 25.6 Å². The molecule has 2 N–H and O–H groups in total. The third-order valence-electron chi connectivity index (χ3n) is 4.12. The Bertz CT molecular complexity index is 859. The molecule has 0 spiro atoms. The number of nitrogens with zero attached hydrogens (tertiary/aromatic N) is 1. The Morgan fingerprint density at radius 3 is 2.39 bits per heavy atom. The number of urea groups is 1. The first-order chi connectivity index (χ1) is 13.0. The lowest BCUT2D eigenvalue weighted by Crippen LogP contribution is -2.41. The van der Waals surface area contributed by atoms with E-state index in [1.165, 1.54) is 32.3 Å². The molecule has 0 radical (unpaired) electrons. The number of imide groups is 1. The number of carbonyl (C=O) groups excluding carboxylic acids is 5. The van der Waals surface area contributed by atoms with Gasteiger partial charge >= 0.3 is 18.0 Å². The molecular weight excluding hydrogens is 390 g/mol. The zero-order valence-electron chi connectivity index (χ0n) is 16.1. The van der Waals surface area contributed by atoms with Crippen LogP contribution in [0.5, 0.6) is 0 Å². The molecule has 152 valence electrons. The number of hydrogen-bond acceptors (Lipinski definition) is 8. The summed E-state index contributed by atoms with van der Waals surface area (Å²) in [6, 6.07) is -0.705. The lowest BCUT2D eigenvalue weighted by molar-refractivity contribution is -0.150. The molecule has 11 heteroatoms. The number of nitrogens with one attached hydrogen (secondary N) is 2. The fraction of sp³-hybridized carbons (Fsp3) is 0.471. The van der Waals surface area contributed by atoms with Crippen molar-refractivity contribution in [1.82, 2.24) is 10.2 Å². The van der Waals surface area contributed by atoms with E-state index in [0.29, 0.717) is 10.6 Å². The second kappa shape index (κ2) is 7.97. The number of methoxy groups -OCH3 is 1. The van der Waals surface area contributed by atoms with Crippen molar-refractivity contribution in [3.05, 3.63) is 16.0 Å². The second-order valence-corrected chi connectivity index (χ2v) is 7.86. The summed E-state index contributed by atoms with van der Waals surface area (Å²) in [5.41, 5.74) is -0.176. The number of thiophene rings is 1. The minimum atomic E-state index is -1.10. The maximum absolute atomic E-state index is 12.1. The van der Waals surface area contributed by atoms with E-state index >= 15 is 0 Å². The minimum Gasteiger partial charge on any atom is -0.465 e. The smallest absolute Gasteiger partial charge is 0.341 e. The molecule has 0 saturated carbocycles. The highest BCUT2D eigenvalue weighted by Crippen LogP contribution is 2.32. The summed E-state index contributed by atoms with van der Waals surface area (Å²) < 4.78 is 9.55. The van der Waals surface area contributed by atoms with Crippen molar-refractivity contribution in [3.8, 4) is 0 Å². The zero-order chi connectivity index (χ0) is 21.2. The van der Waals surface area contributed by atoms with Crippen molar-refractivity contribution in [2.24, 2.45) is 0 Å². The number of carbonyl (C=O) groups is 5. The molecule has 4 amide bonds. The van der Waals surface area contributed by atoms with Gasteiger partial charge in [0.25, 0.3) is 11.8 Å². The third-order valence-corrected chi connectivity index (χ3v) is 5.25. The van der Waals surface area contributed by atoms with Crippen LogP contribution in [0.25, 0.3) is 0 Å². The monoisotopic (exact) mass is 411 g/mol. The second-order valence-electron chi connectivity index (χ2n) is 6.63. The fourth-order valence-corrected chi connectivity index (χ4v) is 3.57. The first-order valence-corrected chi connectivity index (χ1v) is 9.07. The number of esters is 2. The predicted octanol–water partition coefficient (Wildman–Crippen LogP) is 0.964. The molecule has 0 aromatic carbocycles. The third kappa shape index (κ3) is 4.30. The predicted molar refractivity (Wildman–Crippen MR) is 99.0 cm³/mol. The largest absolute Gasteiger partial charge is 0.465 e. The lowest BCUT2D eigenvalue weighted by Gasteiger charge is -2.15. The summed E-state index contributed by atoms with van der Waals surface area (Å²) in [6.07, 6.45) is 0. The van der Waals surface area contributed by atoms with Gasteiger partial charge in [0.2, 0.25) is 0 Å². The molecule has 0 unspecified atom stereocenters. The highest BCUT2D eigenvalue weighted by atomic mass is 32.1. The van der Waals surface area contributed by atoms with Crippen LogP contribution in [-0.2, 0) is 23.9 Å². The Morgan fingerprint density at radius 1 is 1.21 bits per heavy atom. The van der Waals surface area contributed by atoms with Crippen molar-refractivity contribution in [3.63, 3.8) is 0 Å². The van der Waals surface area contributed by atoms with Crippen LogP contribution < -0.4 is 10.6 Å².